The number of hydrogen-bond acceptors (Lipinski definition) is 4. The molecule has 4 heteroatoms. The van der Waals surface area contributed by atoms with Crippen molar-refractivity contribution in [3.05, 3.63) is 10.6 Å². The van der Waals surface area contributed by atoms with Crippen molar-refractivity contribution in [3.63, 3.8) is 0 Å². The molecule has 0 spiro atoms. The summed E-state index contributed by atoms with van der Waals surface area (Å²) in [6.07, 6.45) is 4.85. The van der Waals surface area contributed by atoms with Gasteiger partial charge < -0.3 is 5.32 Å². The highest BCUT2D eigenvalue weighted by Gasteiger charge is 2.28. The molecule has 1 unspecified atom stereocenters. The second-order valence-corrected chi connectivity index (χ2v) is 7.45. The van der Waals surface area contributed by atoms with E-state index in [0.717, 1.165) is 18.9 Å². The van der Waals surface area contributed by atoms with E-state index in [0.29, 0.717) is 6.04 Å². The zero-order valence-electron chi connectivity index (χ0n) is 14.0. The van der Waals surface area contributed by atoms with Gasteiger partial charge in [0.25, 0.3) is 0 Å². The summed E-state index contributed by atoms with van der Waals surface area (Å²) in [6, 6.07) is 0.411. The second kappa shape index (κ2) is 8.08. The van der Waals surface area contributed by atoms with Crippen LogP contribution in [0.5, 0.6) is 0 Å². The van der Waals surface area contributed by atoms with Gasteiger partial charge in [0.1, 0.15) is 0 Å². The van der Waals surface area contributed by atoms with Gasteiger partial charge in [0.15, 0.2) is 0 Å². The molecule has 0 fully saturated rings. The fraction of sp³-hybridized carbons (Fsp3) is 0.875. The van der Waals surface area contributed by atoms with Gasteiger partial charge in [-0.1, -0.05) is 58.9 Å². The van der Waals surface area contributed by atoms with Crippen molar-refractivity contribution < 1.29 is 0 Å². The van der Waals surface area contributed by atoms with Gasteiger partial charge in [0.05, 0.1) is 10.6 Å². The Labute approximate surface area is 128 Å². The maximum Gasteiger partial charge on any atom is 0.0857 e. The van der Waals surface area contributed by atoms with Crippen molar-refractivity contribution in [1.82, 2.24) is 14.9 Å². The quantitative estimate of drug-likeness (QED) is 0.755. The molecule has 1 atom stereocenters. The summed E-state index contributed by atoms with van der Waals surface area (Å²) in [4.78, 5) is 1.35. The van der Waals surface area contributed by atoms with Crippen LogP contribution in [-0.4, -0.2) is 16.1 Å². The normalized spacial score (nSPS) is 13.9. The Balaban J connectivity index is 2.95. The summed E-state index contributed by atoms with van der Waals surface area (Å²) < 4.78 is 4.23. The SMILES string of the molecule is CCCNC(CC(CC)CC)c1snnc1C(C)(C)C. The molecule has 0 radical (unpaired) electrons. The molecular weight excluding hydrogens is 266 g/mol. The van der Waals surface area contributed by atoms with Crippen LogP contribution in [0.3, 0.4) is 0 Å². The van der Waals surface area contributed by atoms with Crippen LogP contribution in [0.1, 0.15) is 83.8 Å². The zero-order valence-corrected chi connectivity index (χ0v) is 14.8. The van der Waals surface area contributed by atoms with Gasteiger partial charge in [0.2, 0.25) is 0 Å². The first-order valence-electron chi connectivity index (χ1n) is 8.00. The molecule has 20 heavy (non-hydrogen) atoms. The van der Waals surface area contributed by atoms with E-state index in [1.807, 2.05) is 0 Å². The van der Waals surface area contributed by atoms with E-state index in [4.69, 9.17) is 0 Å². The van der Waals surface area contributed by atoms with E-state index in [1.165, 1.54) is 29.8 Å². The smallest absolute Gasteiger partial charge is 0.0857 e. The highest BCUT2D eigenvalue weighted by Crippen LogP contribution is 2.34. The summed E-state index contributed by atoms with van der Waals surface area (Å²) in [5.41, 5.74) is 1.24. The number of nitrogens with one attached hydrogen (secondary N) is 1. The molecule has 1 N–H and O–H groups in total. The molecule has 1 aromatic heterocycles. The third-order valence-corrected chi connectivity index (χ3v) is 4.74. The molecule has 0 bridgehead atoms. The third kappa shape index (κ3) is 4.81. The number of hydrogen-bond donors (Lipinski definition) is 1. The Kier molecular flexibility index (Phi) is 7.10. The molecule has 1 heterocycles. The van der Waals surface area contributed by atoms with Gasteiger partial charge in [-0.3, -0.25) is 0 Å². The fourth-order valence-corrected chi connectivity index (χ4v) is 3.45. The first-order valence-corrected chi connectivity index (χ1v) is 8.77. The van der Waals surface area contributed by atoms with E-state index in [-0.39, 0.29) is 5.41 Å². The van der Waals surface area contributed by atoms with Crippen LogP contribution in [0.25, 0.3) is 0 Å². The maximum absolute atomic E-state index is 4.40. The second-order valence-electron chi connectivity index (χ2n) is 6.66. The van der Waals surface area contributed by atoms with Crippen molar-refractivity contribution in [2.45, 2.75) is 78.7 Å². The Bertz CT molecular complexity index is 377. The van der Waals surface area contributed by atoms with Gasteiger partial charge in [-0.05, 0) is 36.8 Å². The lowest BCUT2D eigenvalue weighted by molar-refractivity contribution is 0.370. The van der Waals surface area contributed by atoms with Crippen LogP contribution < -0.4 is 5.32 Å². The molecule has 1 aromatic rings. The Morgan fingerprint density at radius 2 is 1.80 bits per heavy atom. The molecule has 0 saturated heterocycles. The van der Waals surface area contributed by atoms with Crippen molar-refractivity contribution in [1.29, 1.82) is 0 Å². The Morgan fingerprint density at radius 3 is 2.30 bits per heavy atom. The van der Waals surface area contributed by atoms with Gasteiger partial charge in [-0.15, -0.1) is 5.10 Å². The minimum absolute atomic E-state index is 0.0718. The summed E-state index contributed by atoms with van der Waals surface area (Å²) in [5, 5.41) is 8.12. The van der Waals surface area contributed by atoms with Crippen molar-refractivity contribution in [2.75, 3.05) is 6.54 Å². The molecule has 0 aromatic carbocycles. The fourth-order valence-electron chi connectivity index (χ4n) is 2.50. The minimum Gasteiger partial charge on any atom is -0.309 e. The van der Waals surface area contributed by atoms with Gasteiger partial charge in [-0.25, -0.2) is 0 Å². The van der Waals surface area contributed by atoms with Gasteiger partial charge >= 0.3 is 0 Å². The van der Waals surface area contributed by atoms with Crippen LogP contribution in [0.4, 0.5) is 0 Å². The predicted molar refractivity (Wildman–Crippen MR) is 88.3 cm³/mol. The van der Waals surface area contributed by atoms with Gasteiger partial charge in [-0.2, -0.15) is 0 Å². The Hall–Kier alpha value is -0.480. The topological polar surface area (TPSA) is 37.8 Å². The van der Waals surface area contributed by atoms with E-state index in [1.54, 1.807) is 11.5 Å². The highest BCUT2D eigenvalue weighted by atomic mass is 32.1. The van der Waals surface area contributed by atoms with Crippen LogP contribution in [0.2, 0.25) is 0 Å². The largest absolute Gasteiger partial charge is 0.309 e. The lowest BCUT2D eigenvalue weighted by atomic mass is 9.87. The highest BCUT2D eigenvalue weighted by molar-refractivity contribution is 7.05. The molecule has 0 amide bonds. The lowest BCUT2D eigenvalue weighted by Gasteiger charge is -2.25. The van der Waals surface area contributed by atoms with Crippen molar-refractivity contribution in [3.8, 4) is 0 Å². The van der Waals surface area contributed by atoms with Crippen molar-refractivity contribution in [2.24, 2.45) is 5.92 Å². The Morgan fingerprint density at radius 1 is 1.15 bits per heavy atom. The summed E-state index contributed by atoms with van der Waals surface area (Å²) in [7, 11) is 0. The zero-order chi connectivity index (χ0) is 15.2. The maximum atomic E-state index is 4.40. The van der Waals surface area contributed by atoms with E-state index in [2.05, 4.69) is 56.4 Å². The molecule has 3 nitrogen and oxygen atoms in total. The standard InChI is InChI=1S/C16H31N3S/c1-7-10-17-13(11-12(8-2)9-3)14-15(16(4,5)6)18-19-20-14/h12-13,17H,7-11H2,1-6H3. The van der Waals surface area contributed by atoms with Crippen LogP contribution in [0, 0.1) is 5.92 Å². The molecule has 0 saturated carbocycles. The van der Waals surface area contributed by atoms with Gasteiger partial charge in [0, 0.05) is 11.5 Å². The third-order valence-electron chi connectivity index (χ3n) is 3.90. The molecule has 116 valence electrons. The monoisotopic (exact) mass is 297 g/mol. The molecule has 0 aliphatic rings. The first-order chi connectivity index (χ1) is 9.43. The average molecular weight is 298 g/mol. The van der Waals surface area contributed by atoms with Crippen LogP contribution in [0.15, 0.2) is 0 Å². The summed E-state index contributed by atoms with van der Waals surface area (Å²) in [6.45, 7) is 14.5. The number of rotatable bonds is 8. The average Bonchev–Trinajstić information content (AvgIpc) is 2.88. The summed E-state index contributed by atoms with van der Waals surface area (Å²) >= 11 is 1.57. The van der Waals surface area contributed by atoms with Crippen LogP contribution in [-0.2, 0) is 5.41 Å². The van der Waals surface area contributed by atoms with Crippen LogP contribution >= 0.6 is 11.5 Å². The minimum atomic E-state index is 0.0718. The first kappa shape index (κ1) is 17.6. The molecular formula is C16H31N3S. The lowest BCUT2D eigenvalue weighted by Crippen LogP contribution is -2.26. The summed E-state index contributed by atoms with van der Waals surface area (Å²) in [5.74, 6) is 0.777. The number of nitrogens with zero attached hydrogens (tertiary/aromatic N) is 2. The number of aromatic nitrogens is 2. The molecule has 0 aliphatic carbocycles. The molecule has 1 rings (SSSR count). The predicted octanol–water partition coefficient (Wildman–Crippen LogP) is 4.70. The van der Waals surface area contributed by atoms with E-state index in [9.17, 15) is 0 Å². The van der Waals surface area contributed by atoms with E-state index < -0.39 is 0 Å². The van der Waals surface area contributed by atoms with E-state index >= 15 is 0 Å². The molecule has 0 aliphatic heterocycles. The van der Waals surface area contributed by atoms with Crippen molar-refractivity contribution >= 4 is 11.5 Å².